The van der Waals surface area contributed by atoms with Crippen LogP contribution in [0.4, 0.5) is 0 Å². The number of hydrogen-bond acceptors (Lipinski definition) is 3. The van der Waals surface area contributed by atoms with Crippen LogP contribution in [0.25, 0.3) is 0 Å². The highest BCUT2D eigenvalue weighted by molar-refractivity contribution is 6.31. The summed E-state index contributed by atoms with van der Waals surface area (Å²) in [5.74, 6) is 0.200. The van der Waals surface area contributed by atoms with Crippen LogP contribution in [0.2, 0.25) is 5.02 Å². The van der Waals surface area contributed by atoms with Crippen molar-refractivity contribution in [1.82, 2.24) is 4.90 Å². The normalized spacial score (nSPS) is 27.0. The van der Waals surface area contributed by atoms with Gasteiger partial charge < -0.3 is 14.4 Å². The number of fused-ring (bicyclic) bond motifs is 1. The van der Waals surface area contributed by atoms with Gasteiger partial charge in [0.2, 0.25) is 5.91 Å². The maximum atomic E-state index is 12.6. The van der Waals surface area contributed by atoms with Crippen molar-refractivity contribution in [2.24, 2.45) is 5.41 Å². The van der Waals surface area contributed by atoms with Crippen LogP contribution in [0.3, 0.4) is 0 Å². The molecule has 126 valence electrons. The molecule has 2 fully saturated rings. The molecule has 23 heavy (non-hydrogen) atoms. The molecule has 0 aromatic heterocycles. The first-order chi connectivity index (χ1) is 11.1. The van der Waals surface area contributed by atoms with E-state index in [-0.39, 0.29) is 17.4 Å². The smallest absolute Gasteiger partial charge is 0.222 e. The van der Waals surface area contributed by atoms with Gasteiger partial charge in [-0.15, -0.1) is 0 Å². The van der Waals surface area contributed by atoms with Gasteiger partial charge in [-0.25, -0.2) is 0 Å². The van der Waals surface area contributed by atoms with Gasteiger partial charge in [0.05, 0.1) is 12.7 Å². The van der Waals surface area contributed by atoms with E-state index in [4.69, 9.17) is 21.1 Å². The average Bonchev–Trinajstić information content (AvgIpc) is 2.96. The molecular weight excluding hydrogens is 314 g/mol. The zero-order valence-corrected chi connectivity index (χ0v) is 14.3. The minimum absolute atomic E-state index is 0.0208. The van der Waals surface area contributed by atoms with Crippen LogP contribution >= 0.6 is 11.6 Å². The summed E-state index contributed by atoms with van der Waals surface area (Å²) < 4.78 is 11.3. The number of aryl methyl sites for hydroxylation is 1. The van der Waals surface area contributed by atoms with E-state index in [1.54, 1.807) is 7.11 Å². The Morgan fingerprint density at radius 1 is 1.48 bits per heavy atom. The van der Waals surface area contributed by atoms with E-state index in [0.717, 1.165) is 43.1 Å². The van der Waals surface area contributed by atoms with Gasteiger partial charge >= 0.3 is 0 Å². The van der Waals surface area contributed by atoms with Gasteiger partial charge in [0.25, 0.3) is 0 Å². The number of piperidine rings is 1. The summed E-state index contributed by atoms with van der Waals surface area (Å²) in [6, 6.07) is 7.73. The van der Waals surface area contributed by atoms with Crippen molar-refractivity contribution >= 4 is 17.5 Å². The van der Waals surface area contributed by atoms with E-state index < -0.39 is 0 Å². The van der Waals surface area contributed by atoms with Crippen molar-refractivity contribution in [3.8, 4) is 0 Å². The molecule has 5 heteroatoms. The van der Waals surface area contributed by atoms with Gasteiger partial charge in [-0.2, -0.15) is 0 Å². The molecule has 4 nitrogen and oxygen atoms in total. The standard InChI is InChI=1S/C18H24ClNO3/c1-22-13-18-9-11-23-16(18)8-10-20(12-18)17(21)7-6-14-4-2-3-5-15(14)19/h2-5,16H,6-13H2,1H3/t16-,18+/m1/s1. The Bertz CT molecular complexity index is 565. The fourth-order valence-corrected chi connectivity index (χ4v) is 4.09. The highest BCUT2D eigenvalue weighted by atomic mass is 35.5. The van der Waals surface area contributed by atoms with Gasteiger partial charge in [0, 0.05) is 43.7 Å². The lowest BCUT2D eigenvalue weighted by atomic mass is 9.77. The highest BCUT2D eigenvalue weighted by Crippen LogP contribution is 2.41. The Morgan fingerprint density at radius 3 is 3.09 bits per heavy atom. The fourth-order valence-electron chi connectivity index (χ4n) is 3.86. The number of carbonyl (C=O) groups is 1. The predicted molar refractivity (Wildman–Crippen MR) is 89.6 cm³/mol. The first kappa shape index (κ1) is 16.7. The molecule has 2 heterocycles. The van der Waals surface area contributed by atoms with Crippen molar-refractivity contribution in [3.05, 3.63) is 34.9 Å². The number of ether oxygens (including phenoxy) is 2. The maximum absolute atomic E-state index is 12.6. The number of methoxy groups -OCH3 is 1. The van der Waals surface area contributed by atoms with Gasteiger partial charge in [-0.05, 0) is 30.9 Å². The first-order valence-electron chi connectivity index (χ1n) is 8.26. The number of amides is 1. The molecule has 2 aliphatic heterocycles. The van der Waals surface area contributed by atoms with Gasteiger partial charge in [-0.3, -0.25) is 4.79 Å². The summed E-state index contributed by atoms with van der Waals surface area (Å²) in [6.45, 7) is 2.95. The molecule has 1 aromatic carbocycles. The van der Waals surface area contributed by atoms with E-state index in [0.29, 0.717) is 19.4 Å². The monoisotopic (exact) mass is 337 g/mol. The zero-order valence-electron chi connectivity index (χ0n) is 13.6. The molecule has 2 atom stereocenters. The third kappa shape index (κ3) is 3.54. The molecule has 0 aliphatic carbocycles. The minimum atomic E-state index is -0.0208. The maximum Gasteiger partial charge on any atom is 0.222 e. The van der Waals surface area contributed by atoms with E-state index >= 15 is 0 Å². The second kappa shape index (κ2) is 7.20. The average molecular weight is 338 g/mol. The summed E-state index contributed by atoms with van der Waals surface area (Å²) in [4.78, 5) is 14.6. The lowest BCUT2D eigenvalue weighted by molar-refractivity contribution is -0.139. The summed E-state index contributed by atoms with van der Waals surface area (Å²) in [5, 5.41) is 0.735. The van der Waals surface area contributed by atoms with Crippen molar-refractivity contribution in [2.75, 3.05) is 33.4 Å². The van der Waals surface area contributed by atoms with Crippen LogP contribution in [0, 0.1) is 5.41 Å². The van der Waals surface area contributed by atoms with Crippen molar-refractivity contribution in [1.29, 1.82) is 0 Å². The predicted octanol–water partition coefficient (Wildman–Crippen LogP) is 2.93. The van der Waals surface area contributed by atoms with Crippen molar-refractivity contribution < 1.29 is 14.3 Å². The molecular formula is C18H24ClNO3. The first-order valence-corrected chi connectivity index (χ1v) is 8.64. The third-order valence-electron chi connectivity index (χ3n) is 5.12. The van der Waals surface area contributed by atoms with Crippen LogP contribution in [-0.2, 0) is 20.7 Å². The molecule has 0 N–H and O–H groups in total. The minimum Gasteiger partial charge on any atom is -0.384 e. The lowest BCUT2D eigenvalue weighted by Crippen LogP contribution is -2.53. The number of rotatable bonds is 5. The Morgan fingerprint density at radius 2 is 2.30 bits per heavy atom. The van der Waals surface area contributed by atoms with Crippen LogP contribution in [0.1, 0.15) is 24.8 Å². The Kier molecular flexibility index (Phi) is 5.24. The molecule has 0 spiro atoms. The molecule has 0 radical (unpaired) electrons. The van der Waals surface area contributed by atoms with Crippen LogP contribution in [-0.4, -0.2) is 50.3 Å². The van der Waals surface area contributed by atoms with Crippen LogP contribution in [0.5, 0.6) is 0 Å². The Labute approximate surface area is 142 Å². The Balaban J connectivity index is 1.60. The van der Waals surface area contributed by atoms with Crippen LogP contribution < -0.4 is 0 Å². The number of hydrogen-bond donors (Lipinski definition) is 0. The van der Waals surface area contributed by atoms with E-state index in [2.05, 4.69) is 0 Å². The molecule has 2 aliphatic rings. The summed E-state index contributed by atoms with van der Waals surface area (Å²) >= 11 is 6.17. The number of benzene rings is 1. The molecule has 0 bridgehead atoms. The van der Waals surface area contributed by atoms with Crippen molar-refractivity contribution in [2.45, 2.75) is 31.8 Å². The third-order valence-corrected chi connectivity index (χ3v) is 5.49. The molecule has 3 rings (SSSR count). The van der Waals surface area contributed by atoms with Gasteiger partial charge in [0.15, 0.2) is 0 Å². The van der Waals surface area contributed by atoms with Crippen molar-refractivity contribution in [3.63, 3.8) is 0 Å². The largest absolute Gasteiger partial charge is 0.384 e. The number of carbonyl (C=O) groups excluding carboxylic acids is 1. The Hall–Kier alpha value is -1.10. The molecule has 2 saturated heterocycles. The quantitative estimate of drug-likeness (QED) is 0.829. The van der Waals surface area contributed by atoms with E-state index in [1.807, 2.05) is 29.2 Å². The second-order valence-corrected chi connectivity index (χ2v) is 7.01. The second-order valence-electron chi connectivity index (χ2n) is 6.60. The number of nitrogens with zero attached hydrogens (tertiary/aromatic N) is 1. The SMILES string of the molecule is COC[C@@]12CCO[C@@H]1CCN(C(=O)CCc1ccccc1Cl)C2. The molecule has 0 unspecified atom stereocenters. The van der Waals surface area contributed by atoms with Gasteiger partial charge in [0.1, 0.15) is 0 Å². The topological polar surface area (TPSA) is 38.8 Å². The molecule has 1 aromatic rings. The van der Waals surface area contributed by atoms with Crippen LogP contribution in [0.15, 0.2) is 24.3 Å². The zero-order chi connectivity index (χ0) is 16.3. The summed E-state index contributed by atoms with van der Waals surface area (Å²) in [5.41, 5.74) is 1.01. The highest BCUT2D eigenvalue weighted by Gasteiger charge is 2.48. The summed E-state index contributed by atoms with van der Waals surface area (Å²) in [6.07, 6.45) is 3.29. The number of likely N-dealkylation sites (tertiary alicyclic amines) is 1. The fraction of sp³-hybridized carbons (Fsp3) is 0.611. The summed E-state index contributed by atoms with van der Waals surface area (Å²) in [7, 11) is 1.72. The van der Waals surface area contributed by atoms with E-state index in [9.17, 15) is 4.79 Å². The van der Waals surface area contributed by atoms with Gasteiger partial charge in [-0.1, -0.05) is 29.8 Å². The number of halogens is 1. The van der Waals surface area contributed by atoms with E-state index in [1.165, 1.54) is 0 Å². The molecule has 1 amide bonds. The lowest BCUT2D eigenvalue weighted by Gasteiger charge is -2.43. The molecule has 0 saturated carbocycles.